The fourth-order valence-electron chi connectivity index (χ4n) is 1.56. The molecule has 0 radical (unpaired) electrons. The van der Waals surface area contributed by atoms with Gasteiger partial charge >= 0.3 is 23.3 Å². The predicted octanol–water partition coefficient (Wildman–Crippen LogP) is 3.86. The Morgan fingerprint density at radius 1 is 0.783 bits per heavy atom. The van der Waals surface area contributed by atoms with Gasteiger partial charge in [0.1, 0.15) is 0 Å². The topological polar surface area (TPSA) is 37.4 Å². The molecule has 0 aromatic rings. The highest BCUT2D eigenvalue weighted by molar-refractivity contribution is 7.90. The quantitative estimate of drug-likeness (QED) is 0.597. The van der Waals surface area contributed by atoms with E-state index in [-0.39, 0.29) is 4.31 Å². The Bertz CT molecular complexity index is 497. The number of halogens is 9. The summed E-state index contributed by atoms with van der Waals surface area (Å²) in [6, 6.07) is 0. The summed E-state index contributed by atoms with van der Waals surface area (Å²) in [4.78, 5) is 0. The van der Waals surface area contributed by atoms with Crippen LogP contribution in [-0.2, 0) is 10.0 Å². The van der Waals surface area contributed by atoms with E-state index >= 15 is 0 Å². The molecular formula is C10H14F9NO2S. The monoisotopic (exact) mass is 383 g/mol. The summed E-state index contributed by atoms with van der Waals surface area (Å²) >= 11 is 0. The van der Waals surface area contributed by atoms with Crippen LogP contribution in [0.1, 0.15) is 26.7 Å². The lowest BCUT2D eigenvalue weighted by Gasteiger charge is -2.34. The Balaban J connectivity index is 5.77. The van der Waals surface area contributed by atoms with Crippen LogP contribution in [0.2, 0.25) is 0 Å². The smallest absolute Gasteiger partial charge is 0.206 e. The van der Waals surface area contributed by atoms with Crippen molar-refractivity contribution in [3.8, 4) is 0 Å². The fourth-order valence-corrected chi connectivity index (χ4v) is 3.03. The minimum Gasteiger partial charge on any atom is -0.206 e. The minimum absolute atomic E-state index is 0.180. The molecule has 0 aliphatic heterocycles. The molecule has 0 bridgehead atoms. The molecule has 140 valence electrons. The standard InChI is InChI=1S/C10H14F9NO2S/c1-3-20(4-2)23(21,22)10(18,19)9(16,17)7(11,12)5-6-8(13,14)15/h3-6H2,1-2H3. The van der Waals surface area contributed by atoms with Gasteiger partial charge in [0.25, 0.3) is 10.0 Å². The zero-order valence-corrected chi connectivity index (χ0v) is 12.7. The average molecular weight is 383 g/mol. The number of rotatable bonds is 8. The SMILES string of the molecule is CCN(CC)S(=O)(=O)C(F)(F)C(F)(F)C(F)(F)CCC(F)(F)F. The van der Waals surface area contributed by atoms with Crippen LogP contribution in [0.4, 0.5) is 39.5 Å². The van der Waals surface area contributed by atoms with Gasteiger partial charge in [-0.05, 0) is 0 Å². The summed E-state index contributed by atoms with van der Waals surface area (Å²) in [5.74, 6) is -12.4. The van der Waals surface area contributed by atoms with Gasteiger partial charge in [-0.15, -0.1) is 0 Å². The van der Waals surface area contributed by atoms with Gasteiger partial charge in [0.2, 0.25) is 0 Å². The molecule has 0 N–H and O–H groups in total. The maximum absolute atomic E-state index is 13.6. The van der Waals surface area contributed by atoms with E-state index in [9.17, 15) is 47.9 Å². The highest BCUT2D eigenvalue weighted by Gasteiger charge is 2.77. The van der Waals surface area contributed by atoms with Gasteiger partial charge in [0, 0.05) is 25.9 Å². The maximum atomic E-state index is 13.6. The highest BCUT2D eigenvalue weighted by atomic mass is 32.2. The van der Waals surface area contributed by atoms with Gasteiger partial charge in [-0.1, -0.05) is 13.8 Å². The van der Waals surface area contributed by atoms with Crippen LogP contribution in [0.3, 0.4) is 0 Å². The van der Waals surface area contributed by atoms with Crippen molar-refractivity contribution >= 4 is 10.0 Å². The molecule has 0 unspecified atom stereocenters. The van der Waals surface area contributed by atoms with E-state index in [0.717, 1.165) is 13.8 Å². The Morgan fingerprint density at radius 3 is 1.48 bits per heavy atom. The summed E-state index contributed by atoms with van der Waals surface area (Å²) in [6.45, 7) is 0.575. The molecule has 0 amide bonds. The third-order valence-corrected chi connectivity index (χ3v) is 5.02. The molecule has 0 aromatic heterocycles. The van der Waals surface area contributed by atoms with Crippen molar-refractivity contribution in [3.05, 3.63) is 0 Å². The van der Waals surface area contributed by atoms with Crippen molar-refractivity contribution < 1.29 is 47.9 Å². The zero-order valence-electron chi connectivity index (χ0n) is 11.9. The molecule has 0 saturated heterocycles. The fraction of sp³-hybridized carbons (Fsp3) is 1.00. The first-order valence-corrected chi connectivity index (χ1v) is 7.61. The first-order chi connectivity index (χ1) is 9.98. The van der Waals surface area contributed by atoms with Gasteiger partial charge in [0.15, 0.2) is 0 Å². The number of sulfonamides is 1. The molecule has 0 aliphatic carbocycles. The van der Waals surface area contributed by atoms with Crippen LogP contribution in [0.5, 0.6) is 0 Å². The van der Waals surface area contributed by atoms with Gasteiger partial charge in [0.05, 0.1) is 0 Å². The normalized spacial score (nSPS) is 15.3. The highest BCUT2D eigenvalue weighted by Crippen LogP contribution is 2.51. The van der Waals surface area contributed by atoms with Crippen LogP contribution in [0.15, 0.2) is 0 Å². The van der Waals surface area contributed by atoms with E-state index in [4.69, 9.17) is 0 Å². The van der Waals surface area contributed by atoms with E-state index in [2.05, 4.69) is 0 Å². The number of hydrogen-bond donors (Lipinski definition) is 0. The van der Waals surface area contributed by atoms with Crippen LogP contribution in [0, 0.1) is 0 Å². The van der Waals surface area contributed by atoms with Crippen LogP contribution >= 0.6 is 0 Å². The molecule has 0 heterocycles. The third-order valence-electron chi connectivity index (χ3n) is 2.92. The van der Waals surface area contributed by atoms with Crippen molar-refractivity contribution in [2.24, 2.45) is 0 Å². The summed E-state index contributed by atoms with van der Waals surface area (Å²) in [7, 11) is -6.21. The molecule has 13 heteroatoms. The third kappa shape index (κ3) is 4.22. The number of alkyl halides is 9. The molecule has 23 heavy (non-hydrogen) atoms. The second-order valence-electron chi connectivity index (χ2n) is 4.50. The van der Waals surface area contributed by atoms with Crippen LogP contribution in [0.25, 0.3) is 0 Å². The number of nitrogens with zero attached hydrogens (tertiary/aromatic N) is 1. The van der Waals surface area contributed by atoms with Gasteiger partial charge in [-0.25, -0.2) is 8.42 Å². The van der Waals surface area contributed by atoms with Crippen molar-refractivity contribution in [1.29, 1.82) is 0 Å². The molecule has 0 spiro atoms. The Hall–Kier alpha value is -0.720. The first kappa shape index (κ1) is 22.3. The molecular weight excluding hydrogens is 369 g/mol. The minimum atomic E-state index is -6.52. The second-order valence-corrected chi connectivity index (χ2v) is 6.48. The van der Waals surface area contributed by atoms with E-state index in [1.807, 2.05) is 0 Å². The molecule has 0 aromatic carbocycles. The van der Waals surface area contributed by atoms with Crippen molar-refractivity contribution in [2.75, 3.05) is 13.1 Å². The van der Waals surface area contributed by atoms with E-state index in [1.54, 1.807) is 0 Å². The lowest BCUT2D eigenvalue weighted by molar-refractivity contribution is -0.288. The van der Waals surface area contributed by atoms with Crippen molar-refractivity contribution in [2.45, 2.75) is 50.0 Å². The Labute approximate surface area is 126 Å². The average Bonchev–Trinajstić information content (AvgIpc) is 2.36. The second kappa shape index (κ2) is 6.65. The van der Waals surface area contributed by atoms with E-state index < -0.39 is 59.2 Å². The van der Waals surface area contributed by atoms with Gasteiger partial charge in [-0.3, -0.25) is 0 Å². The molecule has 0 fully saturated rings. The van der Waals surface area contributed by atoms with E-state index in [1.165, 1.54) is 0 Å². The Morgan fingerprint density at radius 2 is 1.17 bits per heavy atom. The summed E-state index contributed by atoms with van der Waals surface area (Å²) < 4.78 is 139. The molecule has 0 aliphatic rings. The molecule has 0 atom stereocenters. The molecule has 0 saturated carbocycles. The lowest BCUT2D eigenvalue weighted by atomic mass is 10.1. The van der Waals surface area contributed by atoms with Crippen LogP contribution < -0.4 is 0 Å². The zero-order chi connectivity index (χ0) is 18.9. The Kier molecular flexibility index (Phi) is 6.44. The predicted molar refractivity (Wildman–Crippen MR) is 62.0 cm³/mol. The molecule has 3 nitrogen and oxygen atoms in total. The summed E-state index contributed by atoms with van der Waals surface area (Å²) in [5, 5.41) is -6.28. The number of hydrogen-bond acceptors (Lipinski definition) is 2. The lowest BCUT2D eigenvalue weighted by Crippen LogP contribution is -2.61. The van der Waals surface area contributed by atoms with Crippen molar-refractivity contribution in [3.63, 3.8) is 0 Å². The van der Waals surface area contributed by atoms with Crippen molar-refractivity contribution in [1.82, 2.24) is 4.31 Å². The molecule has 0 rings (SSSR count). The summed E-state index contributed by atoms with van der Waals surface area (Å²) in [6.07, 6.45) is -10.4. The van der Waals surface area contributed by atoms with Gasteiger partial charge in [-0.2, -0.15) is 43.8 Å². The van der Waals surface area contributed by atoms with E-state index in [0.29, 0.717) is 0 Å². The maximum Gasteiger partial charge on any atom is 0.427 e. The van der Waals surface area contributed by atoms with Crippen LogP contribution in [-0.4, -0.2) is 49.1 Å². The van der Waals surface area contributed by atoms with Gasteiger partial charge < -0.3 is 0 Å². The summed E-state index contributed by atoms with van der Waals surface area (Å²) in [5.41, 5.74) is 0. The largest absolute Gasteiger partial charge is 0.427 e. The first-order valence-electron chi connectivity index (χ1n) is 6.17.